The smallest absolute Gasteiger partial charge is 0.320 e. The van der Waals surface area contributed by atoms with E-state index in [4.69, 9.17) is 10.00 Å². The highest BCUT2D eigenvalue weighted by molar-refractivity contribution is 5.88. The molecule has 3 rings (SSSR count). The van der Waals surface area contributed by atoms with Crippen LogP contribution in [0.15, 0.2) is 24.3 Å². The van der Waals surface area contributed by atoms with Gasteiger partial charge in [0.05, 0.1) is 19.7 Å². The van der Waals surface area contributed by atoms with Crippen molar-refractivity contribution < 1.29 is 19.1 Å². The standard InChI is InChI=1S/C20H25N5O4/c1-29-17-6-4-15(5-7-17)13-23-9-10-24(20(23)28)14-18(26)22-12-19(27)25-8-2-3-16(25)11-21/h4-7,16H,2-3,8-10,12-14H2,1H3,(H,22,26). The molecule has 1 unspecified atom stereocenters. The van der Waals surface area contributed by atoms with Crippen LogP contribution in [-0.4, -0.2) is 78.4 Å². The van der Waals surface area contributed by atoms with Crippen LogP contribution in [0.4, 0.5) is 4.79 Å². The van der Waals surface area contributed by atoms with Gasteiger partial charge in [-0.15, -0.1) is 0 Å². The molecule has 9 nitrogen and oxygen atoms in total. The number of hydrogen-bond donors (Lipinski definition) is 1. The molecule has 9 heteroatoms. The molecule has 2 fully saturated rings. The van der Waals surface area contributed by atoms with Gasteiger partial charge in [-0.25, -0.2) is 4.79 Å². The molecular formula is C20H25N5O4. The summed E-state index contributed by atoms with van der Waals surface area (Å²) in [4.78, 5) is 41.5. The Morgan fingerprint density at radius 1 is 1.21 bits per heavy atom. The van der Waals surface area contributed by atoms with E-state index in [0.29, 0.717) is 32.6 Å². The number of carbonyl (C=O) groups excluding carboxylic acids is 3. The van der Waals surface area contributed by atoms with Crippen LogP contribution in [0.3, 0.4) is 0 Å². The normalized spacial score (nSPS) is 18.7. The molecule has 1 N–H and O–H groups in total. The topological polar surface area (TPSA) is 106 Å². The van der Waals surface area contributed by atoms with Gasteiger partial charge in [0.1, 0.15) is 18.3 Å². The lowest BCUT2D eigenvalue weighted by atomic mass is 10.2. The highest BCUT2D eigenvalue weighted by Gasteiger charge is 2.31. The van der Waals surface area contributed by atoms with Crippen LogP contribution < -0.4 is 10.1 Å². The molecule has 0 bridgehead atoms. The van der Waals surface area contributed by atoms with Crippen molar-refractivity contribution in [1.29, 1.82) is 5.26 Å². The summed E-state index contributed by atoms with van der Waals surface area (Å²) in [6, 6.07) is 8.98. The summed E-state index contributed by atoms with van der Waals surface area (Å²) in [5, 5.41) is 11.6. The first-order valence-corrected chi connectivity index (χ1v) is 9.64. The maximum absolute atomic E-state index is 12.5. The molecule has 0 saturated carbocycles. The summed E-state index contributed by atoms with van der Waals surface area (Å²) in [6.45, 7) is 1.75. The average molecular weight is 399 g/mol. The molecule has 0 radical (unpaired) electrons. The highest BCUT2D eigenvalue weighted by atomic mass is 16.5. The molecule has 154 valence electrons. The van der Waals surface area contributed by atoms with Crippen LogP contribution >= 0.6 is 0 Å². The Morgan fingerprint density at radius 3 is 2.62 bits per heavy atom. The predicted octanol–water partition coefficient (Wildman–Crippen LogP) is 0.564. The van der Waals surface area contributed by atoms with E-state index in [1.165, 1.54) is 9.80 Å². The van der Waals surface area contributed by atoms with E-state index in [1.54, 1.807) is 12.0 Å². The van der Waals surface area contributed by atoms with E-state index >= 15 is 0 Å². The van der Waals surface area contributed by atoms with Gasteiger partial charge in [-0.2, -0.15) is 5.26 Å². The Kier molecular flexibility index (Phi) is 6.54. The Hall–Kier alpha value is -3.28. The van der Waals surface area contributed by atoms with Crippen molar-refractivity contribution in [2.75, 3.05) is 39.8 Å². The zero-order valence-electron chi connectivity index (χ0n) is 16.5. The number of urea groups is 1. The molecule has 2 saturated heterocycles. The lowest BCUT2D eigenvalue weighted by Gasteiger charge is -2.21. The first-order chi connectivity index (χ1) is 14.0. The van der Waals surface area contributed by atoms with Gasteiger partial charge in [0, 0.05) is 26.2 Å². The van der Waals surface area contributed by atoms with Crippen LogP contribution in [0, 0.1) is 11.3 Å². The third-order valence-corrected chi connectivity index (χ3v) is 5.21. The quantitative estimate of drug-likeness (QED) is 0.721. The lowest BCUT2D eigenvalue weighted by molar-refractivity contribution is -0.132. The number of likely N-dealkylation sites (tertiary alicyclic amines) is 1. The van der Waals surface area contributed by atoms with Crippen LogP contribution in [0.5, 0.6) is 5.75 Å². The van der Waals surface area contributed by atoms with E-state index in [0.717, 1.165) is 17.7 Å². The maximum Gasteiger partial charge on any atom is 0.320 e. The first-order valence-electron chi connectivity index (χ1n) is 9.64. The van der Waals surface area contributed by atoms with Crippen molar-refractivity contribution in [3.8, 4) is 11.8 Å². The number of nitriles is 1. The minimum absolute atomic E-state index is 0.0904. The minimum atomic E-state index is -0.411. The van der Waals surface area contributed by atoms with Crippen LogP contribution in [0.2, 0.25) is 0 Å². The van der Waals surface area contributed by atoms with Crippen molar-refractivity contribution in [2.45, 2.75) is 25.4 Å². The molecule has 2 aliphatic heterocycles. The number of carbonyl (C=O) groups is 3. The van der Waals surface area contributed by atoms with E-state index in [9.17, 15) is 14.4 Å². The van der Waals surface area contributed by atoms with E-state index in [2.05, 4.69) is 11.4 Å². The van der Waals surface area contributed by atoms with Crippen molar-refractivity contribution >= 4 is 17.8 Å². The number of methoxy groups -OCH3 is 1. The highest BCUT2D eigenvalue weighted by Crippen LogP contribution is 2.17. The second-order valence-corrected chi connectivity index (χ2v) is 7.12. The van der Waals surface area contributed by atoms with Gasteiger partial charge in [-0.1, -0.05) is 12.1 Å². The molecule has 0 spiro atoms. The Bertz CT molecular complexity index is 804. The van der Waals surface area contributed by atoms with Gasteiger partial charge in [0.2, 0.25) is 11.8 Å². The third-order valence-electron chi connectivity index (χ3n) is 5.21. The molecule has 0 aromatic heterocycles. The van der Waals surface area contributed by atoms with E-state index in [1.807, 2.05) is 24.3 Å². The second-order valence-electron chi connectivity index (χ2n) is 7.12. The fourth-order valence-electron chi connectivity index (χ4n) is 3.58. The molecule has 1 aromatic rings. The third kappa shape index (κ3) is 4.96. The van der Waals surface area contributed by atoms with Gasteiger partial charge < -0.3 is 24.8 Å². The molecule has 4 amide bonds. The SMILES string of the molecule is COc1ccc(CN2CCN(CC(=O)NCC(=O)N3CCCC3C#N)C2=O)cc1. The number of rotatable bonds is 7. The fourth-order valence-corrected chi connectivity index (χ4v) is 3.58. The van der Waals surface area contributed by atoms with Gasteiger partial charge in [-0.3, -0.25) is 9.59 Å². The summed E-state index contributed by atoms with van der Waals surface area (Å²) >= 11 is 0. The summed E-state index contributed by atoms with van der Waals surface area (Å²) in [7, 11) is 1.60. The number of nitrogens with zero attached hydrogens (tertiary/aromatic N) is 4. The van der Waals surface area contributed by atoms with Crippen molar-refractivity contribution in [3.05, 3.63) is 29.8 Å². The van der Waals surface area contributed by atoms with E-state index in [-0.39, 0.29) is 30.9 Å². The monoisotopic (exact) mass is 399 g/mol. The average Bonchev–Trinajstić information content (AvgIpc) is 3.35. The number of hydrogen-bond acceptors (Lipinski definition) is 5. The zero-order chi connectivity index (χ0) is 20.8. The van der Waals surface area contributed by atoms with E-state index < -0.39 is 6.04 Å². The summed E-state index contributed by atoms with van der Waals surface area (Å²) < 4.78 is 5.13. The Labute approximate surface area is 169 Å². The van der Waals surface area contributed by atoms with Crippen molar-refractivity contribution in [1.82, 2.24) is 20.0 Å². The zero-order valence-corrected chi connectivity index (χ0v) is 16.5. The van der Waals surface area contributed by atoms with Crippen LogP contribution in [-0.2, 0) is 16.1 Å². The minimum Gasteiger partial charge on any atom is -0.497 e. The first kappa shape index (κ1) is 20.5. The largest absolute Gasteiger partial charge is 0.497 e. The Morgan fingerprint density at radius 2 is 1.93 bits per heavy atom. The molecule has 1 atom stereocenters. The number of benzene rings is 1. The predicted molar refractivity (Wildman–Crippen MR) is 104 cm³/mol. The number of ether oxygens (including phenoxy) is 1. The van der Waals surface area contributed by atoms with Gasteiger partial charge in [-0.05, 0) is 30.5 Å². The number of nitrogens with one attached hydrogen (secondary N) is 1. The molecule has 1 aromatic carbocycles. The van der Waals surface area contributed by atoms with Crippen molar-refractivity contribution in [2.24, 2.45) is 0 Å². The summed E-state index contributed by atoms with van der Waals surface area (Å²) in [6.07, 6.45) is 1.46. The lowest BCUT2D eigenvalue weighted by Crippen LogP contribution is -2.45. The summed E-state index contributed by atoms with van der Waals surface area (Å²) in [5.74, 6) is 0.103. The van der Waals surface area contributed by atoms with Gasteiger partial charge in [0.25, 0.3) is 0 Å². The summed E-state index contributed by atoms with van der Waals surface area (Å²) in [5.41, 5.74) is 0.980. The molecule has 2 heterocycles. The molecule has 2 aliphatic rings. The molecular weight excluding hydrogens is 374 g/mol. The number of amides is 4. The molecule has 0 aliphatic carbocycles. The van der Waals surface area contributed by atoms with Crippen LogP contribution in [0.25, 0.3) is 0 Å². The Balaban J connectivity index is 1.44. The van der Waals surface area contributed by atoms with Gasteiger partial charge >= 0.3 is 6.03 Å². The van der Waals surface area contributed by atoms with Crippen LogP contribution in [0.1, 0.15) is 18.4 Å². The second kappa shape index (κ2) is 9.28. The maximum atomic E-state index is 12.5. The van der Waals surface area contributed by atoms with Crippen molar-refractivity contribution in [3.63, 3.8) is 0 Å². The fraction of sp³-hybridized carbons (Fsp3) is 0.500. The van der Waals surface area contributed by atoms with Gasteiger partial charge in [0.15, 0.2) is 0 Å². The molecule has 29 heavy (non-hydrogen) atoms.